The topological polar surface area (TPSA) is 93.0 Å². The maximum absolute atomic E-state index is 11.9. The highest BCUT2D eigenvalue weighted by Gasteiger charge is 2.31. The number of nitrogens with zero attached hydrogens (tertiary/aromatic N) is 1. The first-order valence-electron chi connectivity index (χ1n) is 5.11. The molecule has 0 radical (unpaired) electrons. The molecule has 6 nitrogen and oxygen atoms in total. The lowest BCUT2D eigenvalue weighted by atomic mass is 10.0. The van der Waals surface area contributed by atoms with Crippen LogP contribution in [0.3, 0.4) is 0 Å². The van der Waals surface area contributed by atoms with Gasteiger partial charge in [-0.05, 0) is 20.3 Å². The van der Waals surface area contributed by atoms with E-state index in [1.807, 2.05) is 6.92 Å². The second-order valence-electron chi connectivity index (χ2n) is 3.85. The van der Waals surface area contributed by atoms with Crippen molar-refractivity contribution in [3.05, 3.63) is 5.69 Å². The molecule has 1 rings (SSSR count). The lowest BCUT2D eigenvalue weighted by Gasteiger charge is -2.24. The van der Waals surface area contributed by atoms with Gasteiger partial charge in [0.05, 0.1) is 11.4 Å². The third-order valence-electron chi connectivity index (χ3n) is 2.83. The van der Waals surface area contributed by atoms with Crippen LogP contribution < -0.4 is 11.1 Å². The van der Waals surface area contributed by atoms with Gasteiger partial charge in [-0.2, -0.15) is 5.10 Å². The molecule has 1 aromatic rings. The summed E-state index contributed by atoms with van der Waals surface area (Å²) in [5.41, 5.74) is 6.04. The van der Waals surface area contributed by atoms with Crippen molar-refractivity contribution in [2.75, 3.05) is 18.2 Å². The number of methoxy groups -OCH3 is 1. The maximum atomic E-state index is 11.9. The first-order chi connectivity index (χ1) is 7.44. The summed E-state index contributed by atoms with van der Waals surface area (Å²) in [6.45, 7) is 5.38. The van der Waals surface area contributed by atoms with E-state index in [-0.39, 0.29) is 5.91 Å². The van der Waals surface area contributed by atoms with Gasteiger partial charge < -0.3 is 15.8 Å². The number of nitrogen functional groups attached to an aromatic ring is 1. The first kappa shape index (κ1) is 12.5. The Balaban J connectivity index is 2.82. The van der Waals surface area contributed by atoms with Gasteiger partial charge >= 0.3 is 0 Å². The standard InChI is InChI=1S/C10H18N4O2/c1-5-10(3,16-4)9(15)12-8-7(11)6(2)13-14-8/h5,11H2,1-4H3,(H2,12,13,14,15). The Hall–Kier alpha value is -1.56. The van der Waals surface area contributed by atoms with Crippen molar-refractivity contribution in [3.63, 3.8) is 0 Å². The van der Waals surface area contributed by atoms with Gasteiger partial charge in [0, 0.05) is 7.11 Å². The lowest BCUT2D eigenvalue weighted by molar-refractivity contribution is -0.136. The fourth-order valence-corrected chi connectivity index (χ4v) is 1.17. The van der Waals surface area contributed by atoms with E-state index in [0.717, 1.165) is 5.69 Å². The van der Waals surface area contributed by atoms with Crippen LogP contribution in [0.4, 0.5) is 11.5 Å². The van der Waals surface area contributed by atoms with E-state index in [0.29, 0.717) is 17.9 Å². The molecule has 1 heterocycles. The Morgan fingerprint density at radius 2 is 2.31 bits per heavy atom. The molecule has 0 aliphatic rings. The molecule has 1 unspecified atom stereocenters. The second kappa shape index (κ2) is 4.52. The molecule has 90 valence electrons. The minimum Gasteiger partial charge on any atom is -0.394 e. The molecule has 1 atom stereocenters. The molecule has 16 heavy (non-hydrogen) atoms. The van der Waals surface area contributed by atoms with E-state index in [9.17, 15) is 4.79 Å². The number of aromatic nitrogens is 2. The number of hydrogen-bond donors (Lipinski definition) is 3. The third kappa shape index (κ3) is 2.16. The van der Waals surface area contributed by atoms with E-state index >= 15 is 0 Å². The molecule has 0 aliphatic carbocycles. The average molecular weight is 226 g/mol. The first-order valence-corrected chi connectivity index (χ1v) is 5.11. The van der Waals surface area contributed by atoms with Crippen LogP contribution in [0.25, 0.3) is 0 Å². The van der Waals surface area contributed by atoms with E-state index in [1.54, 1.807) is 13.8 Å². The number of nitrogens with one attached hydrogen (secondary N) is 2. The summed E-state index contributed by atoms with van der Waals surface area (Å²) in [7, 11) is 1.50. The average Bonchev–Trinajstić information content (AvgIpc) is 2.59. The number of carbonyl (C=O) groups is 1. The van der Waals surface area contributed by atoms with Gasteiger partial charge in [0.1, 0.15) is 5.60 Å². The second-order valence-corrected chi connectivity index (χ2v) is 3.85. The van der Waals surface area contributed by atoms with Crippen molar-refractivity contribution in [3.8, 4) is 0 Å². The highest BCUT2D eigenvalue weighted by atomic mass is 16.5. The molecule has 0 aliphatic heterocycles. The molecule has 0 fully saturated rings. The molecule has 0 saturated carbocycles. The van der Waals surface area contributed by atoms with Crippen LogP contribution in [0.1, 0.15) is 26.0 Å². The van der Waals surface area contributed by atoms with Crippen LogP contribution in [0, 0.1) is 6.92 Å². The normalized spacial score (nSPS) is 14.5. The smallest absolute Gasteiger partial charge is 0.257 e. The van der Waals surface area contributed by atoms with Crippen LogP contribution >= 0.6 is 0 Å². The summed E-state index contributed by atoms with van der Waals surface area (Å²) in [4.78, 5) is 11.9. The van der Waals surface area contributed by atoms with Gasteiger partial charge in [-0.15, -0.1) is 0 Å². The quantitative estimate of drug-likeness (QED) is 0.715. The molecule has 4 N–H and O–H groups in total. The van der Waals surface area contributed by atoms with Crippen molar-refractivity contribution in [2.45, 2.75) is 32.8 Å². The molecule has 0 bridgehead atoms. The zero-order valence-electron chi connectivity index (χ0n) is 10.0. The zero-order valence-corrected chi connectivity index (χ0v) is 10.0. The molecule has 0 aromatic carbocycles. The van der Waals surface area contributed by atoms with Crippen molar-refractivity contribution in [1.29, 1.82) is 0 Å². The largest absolute Gasteiger partial charge is 0.394 e. The van der Waals surface area contributed by atoms with Crippen LogP contribution in [0.15, 0.2) is 0 Å². The van der Waals surface area contributed by atoms with Crippen molar-refractivity contribution in [2.24, 2.45) is 0 Å². The molecule has 0 saturated heterocycles. The molecule has 6 heteroatoms. The summed E-state index contributed by atoms with van der Waals surface area (Å²) >= 11 is 0. The van der Waals surface area contributed by atoms with E-state index < -0.39 is 5.60 Å². The van der Waals surface area contributed by atoms with Crippen molar-refractivity contribution < 1.29 is 9.53 Å². The number of hydrogen-bond acceptors (Lipinski definition) is 4. The Morgan fingerprint density at radius 1 is 1.69 bits per heavy atom. The number of H-pyrrole nitrogens is 1. The highest BCUT2D eigenvalue weighted by molar-refractivity contribution is 5.98. The molecular weight excluding hydrogens is 208 g/mol. The number of ether oxygens (including phenoxy) is 1. The highest BCUT2D eigenvalue weighted by Crippen LogP contribution is 2.21. The zero-order chi connectivity index (χ0) is 12.3. The number of aryl methyl sites for hydroxylation is 1. The predicted molar refractivity (Wildman–Crippen MR) is 62.1 cm³/mol. The maximum Gasteiger partial charge on any atom is 0.257 e. The van der Waals surface area contributed by atoms with Gasteiger partial charge in [-0.1, -0.05) is 6.92 Å². The summed E-state index contributed by atoms with van der Waals surface area (Å²) in [5, 5.41) is 9.24. The fourth-order valence-electron chi connectivity index (χ4n) is 1.17. The number of rotatable bonds is 4. The lowest BCUT2D eigenvalue weighted by Crippen LogP contribution is -2.41. The van der Waals surface area contributed by atoms with Gasteiger partial charge in [-0.3, -0.25) is 9.89 Å². The predicted octanol–water partition coefficient (Wildman–Crippen LogP) is 1.05. The van der Waals surface area contributed by atoms with Crippen molar-refractivity contribution >= 4 is 17.4 Å². The fraction of sp³-hybridized carbons (Fsp3) is 0.600. The molecule has 1 aromatic heterocycles. The minimum absolute atomic E-state index is 0.254. The minimum atomic E-state index is -0.862. The van der Waals surface area contributed by atoms with Crippen LogP contribution in [-0.2, 0) is 9.53 Å². The molecule has 1 amide bonds. The summed E-state index contributed by atoms with van der Waals surface area (Å²) in [6, 6.07) is 0. The summed E-state index contributed by atoms with van der Waals surface area (Å²) in [5.74, 6) is 0.0925. The van der Waals surface area contributed by atoms with Gasteiger partial charge in [-0.25, -0.2) is 0 Å². The molecular formula is C10H18N4O2. The third-order valence-corrected chi connectivity index (χ3v) is 2.83. The van der Waals surface area contributed by atoms with Crippen LogP contribution in [0.5, 0.6) is 0 Å². The van der Waals surface area contributed by atoms with E-state index in [2.05, 4.69) is 15.5 Å². The van der Waals surface area contributed by atoms with Gasteiger partial charge in [0.25, 0.3) is 5.91 Å². The Bertz CT molecular complexity index is 382. The van der Waals surface area contributed by atoms with E-state index in [1.165, 1.54) is 7.11 Å². The monoisotopic (exact) mass is 226 g/mol. The summed E-state index contributed by atoms with van der Waals surface area (Å²) in [6.07, 6.45) is 0.568. The van der Waals surface area contributed by atoms with Crippen LogP contribution in [-0.4, -0.2) is 28.8 Å². The van der Waals surface area contributed by atoms with Crippen LogP contribution in [0.2, 0.25) is 0 Å². The summed E-state index contributed by atoms with van der Waals surface area (Å²) < 4.78 is 5.18. The SMILES string of the molecule is CCC(C)(OC)C(=O)Nc1n[nH]c(C)c1N. The number of carbonyl (C=O) groups excluding carboxylic acids is 1. The Kier molecular flexibility index (Phi) is 3.54. The number of amides is 1. The molecule has 0 spiro atoms. The van der Waals surface area contributed by atoms with E-state index in [4.69, 9.17) is 10.5 Å². The van der Waals surface area contributed by atoms with Gasteiger partial charge in [0.2, 0.25) is 0 Å². The number of anilines is 2. The Labute approximate surface area is 94.5 Å². The number of aromatic amines is 1. The van der Waals surface area contributed by atoms with Crippen molar-refractivity contribution in [1.82, 2.24) is 10.2 Å². The Morgan fingerprint density at radius 3 is 2.69 bits per heavy atom. The number of nitrogens with two attached hydrogens (primary N) is 1. The van der Waals surface area contributed by atoms with Gasteiger partial charge in [0.15, 0.2) is 5.82 Å².